The van der Waals surface area contributed by atoms with Crippen molar-refractivity contribution in [2.75, 3.05) is 6.61 Å². The van der Waals surface area contributed by atoms with E-state index in [2.05, 4.69) is 70.6 Å². The van der Waals surface area contributed by atoms with E-state index >= 15 is 0 Å². The van der Waals surface area contributed by atoms with E-state index in [0.717, 1.165) is 34.7 Å². The topological polar surface area (TPSA) is 45.5 Å². The molecule has 1 aliphatic heterocycles. The molecule has 1 aromatic heterocycles. The Bertz CT molecular complexity index is 810. The fourth-order valence-corrected chi connectivity index (χ4v) is 3.87. The zero-order chi connectivity index (χ0) is 20.0. The van der Waals surface area contributed by atoms with Crippen molar-refractivity contribution in [1.82, 2.24) is 9.78 Å². The van der Waals surface area contributed by atoms with Crippen molar-refractivity contribution >= 4 is 31.6 Å². The van der Waals surface area contributed by atoms with Crippen LogP contribution in [0.4, 0.5) is 0 Å². The van der Waals surface area contributed by atoms with Gasteiger partial charge in [0.15, 0.2) is 0 Å². The normalized spacial score (nSPS) is 19.2. The van der Waals surface area contributed by atoms with Gasteiger partial charge < -0.3 is 14.0 Å². The van der Waals surface area contributed by atoms with Crippen LogP contribution >= 0.6 is 0 Å². The van der Waals surface area contributed by atoms with Gasteiger partial charge in [-0.1, -0.05) is 31.8 Å². The van der Waals surface area contributed by atoms with Crippen molar-refractivity contribution < 1.29 is 14.0 Å². The van der Waals surface area contributed by atoms with Gasteiger partial charge in [-0.25, -0.2) is 4.68 Å². The minimum Gasteiger partial charge on any atom is -0.399 e. The van der Waals surface area contributed by atoms with Crippen LogP contribution in [0, 0.1) is 6.92 Å². The van der Waals surface area contributed by atoms with Crippen LogP contribution in [0.15, 0.2) is 18.2 Å². The largest absolute Gasteiger partial charge is 0.494 e. The SMILES string of the molecule is Cc1nn(COCC[Si](C)(C)C)c2ccc(B3OC(C)(C)C(C)(C)O3)cc12. The molecular weight excluding hydrogens is 355 g/mol. The maximum atomic E-state index is 6.19. The lowest BCUT2D eigenvalue weighted by molar-refractivity contribution is 0.00578. The Morgan fingerprint density at radius 3 is 2.33 bits per heavy atom. The van der Waals surface area contributed by atoms with Crippen LogP contribution < -0.4 is 5.46 Å². The summed E-state index contributed by atoms with van der Waals surface area (Å²) in [6.07, 6.45) is 0. The van der Waals surface area contributed by atoms with E-state index in [9.17, 15) is 0 Å². The van der Waals surface area contributed by atoms with Gasteiger partial charge in [0.1, 0.15) is 6.73 Å². The molecule has 0 amide bonds. The van der Waals surface area contributed by atoms with Crippen LogP contribution in [0.2, 0.25) is 25.7 Å². The lowest BCUT2D eigenvalue weighted by Gasteiger charge is -2.32. The predicted octanol–water partition coefficient (Wildman–Crippen LogP) is 3.96. The molecular formula is C20H33BN2O3Si. The van der Waals surface area contributed by atoms with Gasteiger partial charge in [-0.2, -0.15) is 5.10 Å². The molecule has 7 heteroatoms. The van der Waals surface area contributed by atoms with Gasteiger partial charge in [-0.05, 0) is 52.2 Å². The fraction of sp³-hybridized carbons (Fsp3) is 0.650. The van der Waals surface area contributed by atoms with E-state index in [0.29, 0.717) is 6.73 Å². The van der Waals surface area contributed by atoms with Crippen LogP contribution in [0.3, 0.4) is 0 Å². The third kappa shape index (κ3) is 4.31. The monoisotopic (exact) mass is 388 g/mol. The summed E-state index contributed by atoms with van der Waals surface area (Å²) >= 11 is 0. The zero-order valence-electron chi connectivity index (χ0n) is 18.0. The number of nitrogens with zero attached hydrogens (tertiary/aromatic N) is 2. The number of fused-ring (bicyclic) bond motifs is 1. The molecule has 0 N–H and O–H groups in total. The molecule has 148 valence electrons. The van der Waals surface area contributed by atoms with Crippen LogP contribution in [0.25, 0.3) is 10.9 Å². The first-order valence-corrected chi connectivity index (χ1v) is 13.5. The minimum atomic E-state index is -1.07. The summed E-state index contributed by atoms with van der Waals surface area (Å²) in [7, 11) is -1.42. The standard InChI is InChI=1S/C20H33BN2O3Si/c1-15-17-13-16(21-25-19(2,3)20(4,5)26-21)9-10-18(17)23(22-15)14-24-11-12-27(6,7)8/h9-10,13H,11-12,14H2,1-8H3. The second-order valence-corrected chi connectivity index (χ2v) is 15.4. The summed E-state index contributed by atoms with van der Waals surface area (Å²) in [5.74, 6) is 0. The maximum absolute atomic E-state index is 6.19. The first kappa shape index (κ1) is 20.6. The summed E-state index contributed by atoms with van der Waals surface area (Å²) < 4.78 is 20.2. The van der Waals surface area contributed by atoms with Crippen LogP contribution in [-0.2, 0) is 20.8 Å². The van der Waals surface area contributed by atoms with Gasteiger partial charge in [0.05, 0.1) is 22.4 Å². The quantitative estimate of drug-likeness (QED) is 0.555. The van der Waals surface area contributed by atoms with Crippen LogP contribution in [-0.4, -0.2) is 42.8 Å². The highest BCUT2D eigenvalue weighted by Crippen LogP contribution is 2.36. The Labute approximate surface area is 164 Å². The molecule has 1 aliphatic rings. The first-order valence-electron chi connectivity index (χ1n) is 9.80. The zero-order valence-corrected chi connectivity index (χ0v) is 19.0. The average Bonchev–Trinajstić information content (AvgIpc) is 2.96. The van der Waals surface area contributed by atoms with Gasteiger partial charge in [-0.15, -0.1) is 0 Å². The molecule has 0 atom stereocenters. The molecule has 1 saturated heterocycles. The van der Waals surface area contributed by atoms with E-state index in [4.69, 9.17) is 14.0 Å². The highest BCUT2D eigenvalue weighted by atomic mass is 28.3. The van der Waals surface area contributed by atoms with E-state index in [-0.39, 0.29) is 18.3 Å². The average molecular weight is 388 g/mol. The summed E-state index contributed by atoms with van der Waals surface area (Å²) in [5, 5.41) is 5.79. The van der Waals surface area contributed by atoms with Crippen molar-refractivity contribution in [3.05, 3.63) is 23.9 Å². The smallest absolute Gasteiger partial charge is 0.399 e. The number of hydrogen-bond acceptors (Lipinski definition) is 4. The molecule has 0 aliphatic carbocycles. The number of ether oxygens (including phenoxy) is 1. The molecule has 0 unspecified atom stereocenters. The molecule has 3 rings (SSSR count). The number of aromatic nitrogens is 2. The lowest BCUT2D eigenvalue weighted by Crippen LogP contribution is -2.41. The predicted molar refractivity (Wildman–Crippen MR) is 114 cm³/mol. The molecule has 2 aromatic rings. The summed E-state index contributed by atoms with van der Waals surface area (Å²) in [6, 6.07) is 7.47. The molecule has 2 heterocycles. The fourth-order valence-electron chi connectivity index (χ4n) is 3.11. The Hall–Kier alpha value is -1.15. The first-order chi connectivity index (χ1) is 12.4. The number of rotatable bonds is 6. The Morgan fingerprint density at radius 1 is 1.11 bits per heavy atom. The molecule has 27 heavy (non-hydrogen) atoms. The molecule has 0 saturated carbocycles. The van der Waals surface area contributed by atoms with Crippen LogP contribution in [0.1, 0.15) is 33.4 Å². The number of hydrogen-bond donors (Lipinski definition) is 0. The Morgan fingerprint density at radius 2 is 1.74 bits per heavy atom. The van der Waals surface area contributed by atoms with Crippen molar-refractivity contribution in [2.45, 2.75) is 78.2 Å². The molecule has 1 fully saturated rings. The second kappa shape index (κ2) is 7.03. The van der Waals surface area contributed by atoms with Gasteiger partial charge in [0.2, 0.25) is 0 Å². The maximum Gasteiger partial charge on any atom is 0.494 e. The van der Waals surface area contributed by atoms with Crippen molar-refractivity contribution in [3.8, 4) is 0 Å². The number of benzene rings is 1. The summed E-state index contributed by atoms with van der Waals surface area (Å²) in [6.45, 7) is 18.7. The Balaban J connectivity index is 1.76. The number of aryl methyl sites for hydroxylation is 1. The van der Waals surface area contributed by atoms with Gasteiger partial charge >= 0.3 is 7.12 Å². The van der Waals surface area contributed by atoms with Crippen molar-refractivity contribution in [2.24, 2.45) is 0 Å². The highest BCUT2D eigenvalue weighted by Gasteiger charge is 2.51. The molecule has 0 spiro atoms. The van der Waals surface area contributed by atoms with E-state index in [1.807, 2.05) is 11.6 Å². The van der Waals surface area contributed by atoms with E-state index in [1.165, 1.54) is 0 Å². The van der Waals surface area contributed by atoms with Gasteiger partial charge in [-0.3, -0.25) is 0 Å². The lowest BCUT2D eigenvalue weighted by atomic mass is 9.78. The summed E-state index contributed by atoms with van der Waals surface area (Å²) in [4.78, 5) is 0. The van der Waals surface area contributed by atoms with Crippen molar-refractivity contribution in [3.63, 3.8) is 0 Å². The van der Waals surface area contributed by atoms with Gasteiger partial charge in [0, 0.05) is 20.1 Å². The van der Waals surface area contributed by atoms with Crippen LogP contribution in [0.5, 0.6) is 0 Å². The summed E-state index contributed by atoms with van der Waals surface area (Å²) in [5.41, 5.74) is 2.44. The van der Waals surface area contributed by atoms with E-state index < -0.39 is 8.07 Å². The molecule has 0 radical (unpaired) electrons. The Kier molecular flexibility index (Phi) is 5.36. The van der Waals surface area contributed by atoms with Gasteiger partial charge in [0.25, 0.3) is 0 Å². The second-order valence-electron chi connectivity index (χ2n) is 9.80. The third-order valence-electron chi connectivity index (χ3n) is 5.69. The molecule has 5 nitrogen and oxygen atoms in total. The minimum absolute atomic E-state index is 0.337. The van der Waals surface area contributed by atoms with Crippen molar-refractivity contribution in [1.29, 1.82) is 0 Å². The van der Waals surface area contributed by atoms with E-state index in [1.54, 1.807) is 0 Å². The molecule has 0 bridgehead atoms. The third-order valence-corrected chi connectivity index (χ3v) is 7.40. The highest BCUT2D eigenvalue weighted by molar-refractivity contribution is 6.76. The molecule has 1 aromatic carbocycles.